The van der Waals surface area contributed by atoms with E-state index in [0.717, 1.165) is 47.3 Å². The monoisotopic (exact) mass is 404 g/mol. The maximum absolute atomic E-state index is 6.37. The van der Waals surface area contributed by atoms with Crippen LogP contribution >= 0.6 is 23.4 Å². The molecule has 144 valence electrons. The van der Waals surface area contributed by atoms with Crippen molar-refractivity contribution < 1.29 is 0 Å². The normalized spacial score (nSPS) is 18.5. The molecule has 0 amide bonds. The van der Waals surface area contributed by atoms with Gasteiger partial charge in [0.25, 0.3) is 0 Å². The van der Waals surface area contributed by atoms with Gasteiger partial charge in [0.15, 0.2) is 5.65 Å². The first-order chi connectivity index (χ1) is 12.8. The van der Waals surface area contributed by atoms with Crippen molar-refractivity contribution >= 4 is 35.0 Å². The lowest BCUT2D eigenvalue weighted by Crippen LogP contribution is -2.48. The Bertz CT molecular complexity index is 900. The largest absolute Gasteiger partial charge is 0.401 e. The lowest BCUT2D eigenvalue weighted by molar-refractivity contribution is 0.361. The van der Waals surface area contributed by atoms with Crippen molar-refractivity contribution in [1.82, 2.24) is 14.4 Å². The van der Waals surface area contributed by atoms with E-state index in [1.165, 1.54) is 11.8 Å². The first-order valence-electron chi connectivity index (χ1n) is 8.81. The Morgan fingerprint density at radius 3 is 2.70 bits per heavy atom. The van der Waals surface area contributed by atoms with Gasteiger partial charge in [0.1, 0.15) is 0 Å². The number of anilines is 1. The van der Waals surface area contributed by atoms with Crippen molar-refractivity contribution in [2.75, 3.05) is 18.0 Å². The van der Waals surface area contributed by atoms with Gasteiger partial charge in [-0.05, 0) is 32.8 Å². The number of imidazole rings is 1. The van der Waals surface area contributed by atoms with Gasteiger partial charge in [-0.15, -0.1) is 0 Å². The van der Waals surface area contributed by atoms with E-state index in [1.807, 2.05) is 22.9 Å². The second-order valence-corrected chi connectivity index (χ2v) is 8.51. The molecule has 4 N–H and O–H groups in total. The minimum absolute atomic E-state index is 0.103. The molecule has 1 aliphatic rings. The van der Waals surface area contributed by atoms with Crippen molar-refractivity contribution in [3.05, 3.63) is 53.0 Å². The summed E-state index contributed by atoms with van der Waals surface area (Å²) in [7, 11) is 0. The van der Waals surface area contributed by atoms with Crippen LogP contribution < -0.4 is 16.4 Å². The van der Waals surface area contributed by atoms with Crippen molar-refractivity contribution in [1.29, 1.82) is 0 Å². The standard InChI is InChI=1S/C19H25ClN6S/c1-4-5-14(16(20)13(2)21)27-15-12-24-18(26-11-8-23-17(15)26)25-9-6-19(3,22)7-10-25/h4-5,8,11-12H,1,6-7,9-10,21-22H2,2-3H3/b14-5+,16-13-. The number of hydrogen-bond acceptors (Lipinski definition) is 6. The van der Waals surface area contributed by atoms with Crippen LogP contribution in [0.15, 0.2) is 57.9 Å². The minimum atomic E-state index is -0.103. The zero-order chi connectivity index (χ0) is 19.6. The SMILES string of the molecule is C=C/C=C(Sc1cnc(N2CCC(C)(N)CC2)n2ccnc12)\C(Cl)=C(/C)N. The minimum Gasteiger partial charge on any atom is -0.401 e. The third-order valence-electron chi connectivity index (χ3n) is 4.61. The van der Waals surface area contributed by atoms with Crippen molar-refractivity contribution in [3.8, 4) is 0 Å². The maximum Gasteiger partial charge on any atom is 0.211 e. The number of halogens is 1. The molecule has 0 aliphatic carbocycles. The smallest absolute Gasteiger partial charge is 0.211 e. The molecule has 0 atom stereocenters. The molecular formula is C19H25ClN6S. The van der Waals surface area contributed by atoms with E-state index in [9.17, 15) is 0 Å². The van der Waals surface area contributed by atoms with Crippen LogP contribution in [0.25, 0.3) is 5.65 Å². The average molecular weight is 405 g/mol. The molecule has 0 saturated carbocycles. The van der Waals surface area contributed by atoms with E-state index in [-0.39, 0.29) is 5.54 Å². The third-order valence-corrected chi connectivity index (χ3v) is 6.30. The fourth-order valence-corrected chi connectivity index (χ4v) is 4.16. The molecular weight excluding hydrogens is 380 g/mol. The topological polar surface area (TPSA) is 85.5 Å². The van der Waals surface area contributed by atoms with Crippen LogP contribution in [0, 0.1) is 0 Å². The molecule has 3 heterocycles. The number of fused-ring (bicyclic) bond motifs is 1. The Balaban J connectivity index is 1.94. The number of allylic oxidation sites excluding steroid dienone is 4. The number of thioether (sulfide) groups is 1. The predicted octanol–water partition coefficient (Wildman–Crippen LogP) is 3.64. The highest BCUT2D eigenvalue weighted by molar-refractivity contribution is 8.03. The summed E-state index contributed by atoms with van der Waals surface area (Å²) in [4.78, 5) is 13.2. The summed E-state index contributed by atoms with van der Waals surface area (Å²) in [6.07, 6.45) is 10.9. The fourth-order valence-electron chi connectivity index (χ4n) is 2.98. The molecule has 8 heteroatoms. The van der Waals surface area contributed by atoms with Gasteiger partial charge >= 0.3 is 0 Å². The highest BCUT2D eigenvalue weighted by atomic mass is 35.5. The molecule has 1 aliphatic heterocycles. The molecule has 27 heavy (non-hydrogen) atoms. The molecule has 2 aromatic heterocycles. The number of piperidine rings is 1. The van der Waals surface area contributed by atoms with Crippen molar-refractivity contribution in [2.24, 2.45) is 11.5 Å². The van der Waals surface area contributed by atoms with Crippen LogP contribution in [-0.2, 0) is 0 Å². The van der Waals surface area contributed by atoms with Gasteiger partial charge in [-0.3, -0.25) is 4.40 Å². The van der Waals surface area contributed by atoms with E-state index in [4.69, 9.17) is 28.1 Å². The summed E-state index contributed by atoms with van der Waals surface area (Å²) in [5.74, 6) is 0.883. The molecule has 1 fully saturated rings. The predicted molar refractivity (Wildman–Crippen MR) is 114 cm³/mol. The van der Waals surface area contributed by atoms with Gasteiger partial charge in [0.2, 0.25) is 5.95 Å². The van der Waals surface area contributed by atoms with Crippen LogP contribution in [0.4, 0.5) is 5.95 Å². The maximum atomic E-state index is 6.37. The van der Waals surface area contributed by atoms with E-state index in [2.05, 4.69) is 23.4 Å². The summed E-state index contributed by atoms with van der Waals surface area (Å²) in [5.41, 5.74) is 13.4. The molecule has 0 unspecified atom stereocenters. The Kier molecular flexibility index (Phi) is 5.83. The lowest BCUT2D eigenvalue weighted by atomic mass is 9.91. The molecule has 1 saturated heterocycles. The highest BCUT2D eigenvalue weighted by Gasteiger charge is 2.28. The Labute approximate surface area is 169 Å². The van der Waals surface area contributed by atoms with Gasteiger partial charge in [-0.25, -0.2) is 9.97 Å². The van der Waals surface area contributed by atoms with Crippen molar-refractivity contribution in [3.63, 3.8) is 0 Å². The quantitative estimate of drug-likeness (QED) is 0.584. The zero-order valence-electron chi connectivity index (χ0n) is 15.7. The van der Waals surface area contributed by atoms with Crippen molar-refractivity contribution in [2.45, 2.75) is 37.1 Å². The molecule has 6 nitrogen and oxygen atoms in total. The van der Waals surface area contributed by atoms with E-state index in [1.54, 1.807) is 19.2 Å². The van der Waals surface area contributed by atoms with Gasteiger partial charge in [0.05, 0.1) is 9.93 Å². The second-order valence-electron chi connectivity index (χ2n) is 7.05. The Morgan fingerprint density at radius 1 is 1.37 bits per heavy atom. The number of nitrogens with zero attached hydrogens (tertiary/aromatic N) is 4. The van der Waals surface area contributed by atoms with Gasteiger partial charge in [0, 0.05) is 47.8 Å². The summed E-state index contributed by atoms with van der Waals surface area (Å²) in [6, 6.07) is 0. The number of nitrogens with two attached hydrogens (primary N) is 2. The second kappa shape index (κ2) is 7.96. The first kappa shape index (κ1) is 19.8. The van der Waals surface area contributed by atoms with Gasteiger partial charge in [-0.2, -0.15) is 0 Å². The molecule has 2 aromatic rings. The molecule has 3 rings (SSSR count). The Hall–Kier alpha value is -1.96. The lowest BCUT2D eigenvalue weighted by Gasteiger charge is -2.37. The van der Waals surface area contributed by atoms with Crippen LogP contribution in [0.1, 0.15) is 26.7 Å². The van der Waals surface area contributed by atoms with E-state index < -0.39 is 0 Å². The van der Waals surface area contributed by atoms with E-state index >= 15 is 0 Å². The summed E-state index contributed by atoms with van der Waals surface area (Å²) in [6.45, 7) is 9.39. The third kappa shape index (κ3) is 4.31. The number of aromatic nitrogens is 3. The molecule has 0 aromatic carbocycles. The summed E-state index contributed by atoms with van der Waals surface area (Å²) < 4.78 is 2.01. The summed E-state index contributed by atoms with van der Waals surface area (Å²) >= 11 is 7.84. The first-order valence-corrected chi connectivity index (χ1v) is 10.0. The number of hydrogen-bond donors (Lipinski definition) is 2. The molecule has 0 spiro atoms. The Morgan fingerprint density at radius 2 is 2.07 bits per heavy atom. The van der Waals surface area contributed by atoms with Crippen LogP contribution in [-0.4, -0.2) is 33.0 Å². The van der Waals surface area contributed by atoms with E-state index in [0.29, 0.717) is 10.7 Å². The fraction of sp³-hybridized carbons (Fsp3) is 0.368. The van der Waals surface area contributed by atoms with Gasteiger partial charge in [-0.1, -0.05) is 36.0 Å². The number of rotatable bonds is 5. The van der Waals surface area contributed by atoms with Crippen LogP contribution in [0.2, 0.25) is 0 Å². The molecule has 0 bridgehead atoms. The van der Waals surface area contributed by atoms with Crippen LogP contribution in [0.5, 0.6) is 0 Å². The average Bonchev–Trinajstić information content (AvgIpc) is 3.11. The zero-order valence-corrected chi connectivity index (χ0v) is 17.2. The van der Waals surface area contributed by atoms with Gasteiger partial charge < -0.3 is 16.4 Å². The summed E-state index contributed by atoms with van der Waals surface area (Å²) in [5, 5.41) is 0.506. The molecule has 0 radical (unpaired) electrons. The highest BCUT2D eigenvalue weighted by Crippen LogP contribution is 2.37. The van der Waals surface area contributed by atoms with Crippen LogP contribution in [0.3, 0.4) is 0 Å².